The summed E-state index contributed by atoms with van der Waals surface area (Å²) in [6.07, 6.45) is 2.95. The molecule has 1 heterocycles. The van der Waals surface area contributed by atoms with Gasteiger partial charge in [-0.2, -0.15) is 5.10 Å². The topological polar surface area (TPSA) is 84.2 Å². The second-order valence-electron chi connectivity index (χ2n) is 7.39. The summed E-state index contributed by atoms with van der Waals surface area (Å²) in [5.41, 5.74) is 5.43. The molecule has 0 radical (unpaired) electrons. The molecule has 0 aliphatic rings. The van der Waals surface area contributed by atoms with Gasteiger partial charge in [0.15, 0.2) is 0 Å². The largest absolute Gasteiger partial charge is 0.480 e. The maximum atomic E-state index is 12.2. The lowest BCUT2D eigenvalue weighted by molar-refractivity contribution is -0.142. The number of rotatable bonds is 10. The van der Waals surface area contributed by atoms with E-state index in [2.05, 4.69) is 41.6 Å². The predicted octanol–water partition coefficient (Wildman–Crippen LogP) is 3.55. The number of aromatic nitrogens is 2. The molecule has 1 atom stereocenters. The third-order valence-electron chi connectivity index (χ3n) is 5.07. The smallest absolute Gasteiger partial charge is 0.326 e. The molecular weight excluding hydrogens is 354 g/mol. The van der Waals surface area contributed by atoms with Gasteiger partial charge in [-0.25, -0.2) is 4.79 Å². The van der Waals surface area contributed by atoms with Gasteiger partial charge in [0, 0.05) is 12.1 Å². The maximum Gasteiger partial charge on any atom is 0.326 e. The molecule has 1 aromatic heterocycles. The van der Waals surface area contributed by atoms with Crippen molar-refractivity contribution in [2.24, 2.45) is 0 Å². The summed E-state index contributed by atoms with van der Waals surface area (Å²) in [5, 5.41) is 16.5. The van der Waals surface area contributed by atoms with Gasteiger partial charge in [0.2, 0.25) is 5.91 Å². The number of carbonyl (C=O) groups excluding carboxylic acids is 1. The van der Waals surface area contributed by atoms with Crippen molar-refractivity contribution in [3.63, 3.8) is 0 Å². The van der Waals surface area contributed by atoms with Crippen LogP contribution in [0.1, 0.15) is 60.7 Å². The number of hydrogen-bond donors (Lipinski definition) is 2. The minimum atomic E-state index is -0.972. The highest BCUT2D eigenvalue weighted by atomic mass is 16.4. The predicted molar refractivity (Wildman–Crippen MR) is 109 cm³/mol. The number of carboxylic acid groups (broad SMARTS) is 1. The third-order valence-corrected chi connectivity index (χ3v) is 5.07. The molecule has 6 nitrogen and oxygen atoms in total. The van der Waals surface area contributed by atoms with Gasteiger partial charge in [0.1, 0.15) is 6.04 Å². The molecule has 1 unspecified atom stereocenters. The van der Waals surface area contributed by atoms with Gasteiger partial charge in [-0.3, -0.25) is 9.48 Å². The van der Waals surface area contributed by atoms with E-state index in [4.69, 9.17) is 0 Å². The molecule has 0 saturated carbocycles. The molecule has 152 valence electrons. The Kier molecular flexibility index (Phi) is 7.79. The van der Waals surface area contributed by atoms with Gasteiger partial charge in [-0.1, -0.05) is 49.6 Å². The first-order valence-corrected chi connectivity index (χ1v) is 9.92. The quantitative estimate of drug-likeness (QED) is 0.655. The Morgan fingerprint density at radius 3 is 2.46 bits per heavy atom. The van der Waals surface area contributed by atoms with Gasteiger partial charge in [-0.15, -0.1) is 0 Å². The van der Waals surface area contributed by atoms with E-state index in [1.54, 1.807) is 0 Å². The van der Waals surface area contributed by atoms with Crippen molar-refractivity contribution in [3.05, 3.63) is 52.3 Å². The van der Waals surface area contributed by atoms with E-state index in [0.29, 0.717) is 19.4 Å². The Morgan fingerprint density at radius 2 is 1.86 bits per heavy atom. The Bertz CT molecular complexity index is 809. The molecule has 0 fully saturated rings. The SMILES string of the molecule is CCCCC(NC(=O)CCc1c(C)nn(Cc2ccc(C)cc2)c1C)C(=O)O. The van der Waals surface area contributed by atoms with Crippen molar-refractivity contribution in [1.82, 2.24) is 15.1 Å². The molecule has 28 heavy (non-hydrogen) atoms. The minimum absolute atomic E-state index is 0.228. The monoisotopic (exact) mass is 385 g/mol. The van der Waals surface area contributed by atoms with Crippen LogP contribution in [0.4, 0.5) is 0 Å². The normalized spacial score (nSPS) is 12.0. The Labute approximate surface area is 167 Å². The lowest BCUT2D eigenvalue weighted by atomic mass is 10.1. The number of hydrogen-bond acceptors (Lipinski definition) is 3. The molecule has 0 aliphatic carbocycles. The summed E-state index contributed by atoms with van der Waals surface area (Å²) in [5.74, 6) is -1.20. The lowest BCUT2D eigenvalue weighted by Gasteiger charge is -2.14. The second kappa shape index (κ2) is 10.1. The molecule has 0 spiro atoms. The number of aryl methyl sites for hydroxylation is 2. The molecule has 2 N–H and O–H groups in total. The third kappa shape index (κ3) is 5.94. The summed E-state index contributed by atoms with van der Waals surface area (Å²) in [6, 6.07) is 7.56. The van der Waals surface area contributed by atoms with Crippen molar-refractivity contribution < 1.29 is 14.7 Å². The van der Waals surface area contributed by atoms with Gasteiger partial charge in [0.05, 0.1) is 12.2 Å². The zero-order valence-electron chi connectivity index (χ0n) is 17.3. The molecule has 1 amide bonds. The summed E-state index contributed by atoms with van der Waals surface area (Å²) >= 11 is 0. The summed E-state index contributed by atoms with van der Waals surface area (Å²) in [4.78, 5) is 23.5. The fraction of sp³-hybridized carbons (Fsp3) is 0.500. The van der Waals surface area contributed by atoms with E-state index in [1.807, 2.05) is 25.5 Å². The van der Waals surface area contributed by atoms with Gasteiger partial charge >= 0.3 is 5.97 Å². The molecule has 2 aromatic rings. The Balaban J connectivity index is 1.98. The summed E-state index contributed by atoms with van der Waals surface area (Å²) < 4.78 is 1.97. The molecule has 0 bridgehead atoms. The second-order valence-corrected chi connectivity index (χ2v) is 7.39. The van der Waals surface area contributed by atoms with Gasteiger partial charge < -0.3 is 10.4 Å². The van der Waals surface area contributed by atoms with Crippen LogP contribution in [0.3, 0.4) is 0 Å². The number of aliphatic carboxylic acids is 1. The van der Waals surface area contributed by atoms with Crippen LogP contribution in [0.15, 0.2) is 24.3 Å². The van der Waals surface area contributed by atoms with Crippen LogP contribution < -0.4 is 5.32 Å². The summed E-state index contributed by atoms with van der Waals surface area (Å²) in [6.45, 7) is 8.72. The highest BCUT2D eigenvalue weighted by Gasteiger charge is 2.20. The van der Waals surface area contributed by atoms with Crippen molar-refractivity contribution in [1.29, 1.82) is 0 Å². The van der Waals surface area contributed by atoms with Gasteiger partial charge in [-0.05, 0) is 44.7 Å². The molecule has 0 saturated heterocycles. The van der Waals surface area contributed by atoms with Crippen LogP contribution in [-0.4, -0.2) is 32.8 Å². The number of nitrogens with one attached hydrogen (secondary N) is 1. The number of amides is 1. The first kappa shape index (κ1) is 21.7. The number of nitrogens with zero attached hydrogens (tertiary/aromatic N) is 2. The molecule has 1 aromatic carbocycles. The van der Waals surface area contributed by atoms with Crippen molar-refractivity contribution in [3.8, 4) is 0 Å². The number of benzene rings is 1. The highest BCUT2D eigenvalue weighted by molar-refractivity contribution is 5.83. The van der Waals surface area contributed by atoms with E-state index in [-0.39, 0.29) is 12.3 Å². The van der Waals surface area contributed by atoms with Crippen LogP contribution in [0.2, 0.25) is 0 Å². The average Bonchev–Trinajstić information content (AvgIpc) is 2.91. The fourth-order valence-electron chi connectivity index (χ4n) is 3.29. The molecule has 0 aliphatic heterocycles. The van der Waals surface area contributed by atoms with E-state index >= 15 is 0 Å². The Morgan fingerprint density at radius 1 is 1.18 bits per heavy atom. The zero-order valence-corrected chi connectivity index (χ0v) is 17.3. The van der Waals surface area contributed by atoms with Crippen molar-refractivity contribution in [2.75, 3.05) is 0 Å². The number of carboxylic acids is 1. The van der Waals surface area contributed by atoms with Crippen LogP contribution >= 0.6 is 0 Å². The molecular formula is C22H31N3O3. The van der Waals surface area contributed by atoms with Crippen LogP contribution in [0.5, 0.6) is 0 Å². The minimum Gasteiger partial charge on any atom is -0.480 e. The van der Waals surface area contributed by atoms with Crippen LogP contribution in [0, 0.1) is 20.8 Å². The van der Waals surface area contributed by atoms with Crippen LogP contribution in [-0.2, 0) is 22.6 Å². The van der Waals surface area contributed by atoms with Gasteiger partial charge in [0.25, 0.3) is 0 Å². The molecule has 6 heteroatoms. The highest BCUT2D eigenvalue weighted by Crippen LogP contribution is 2.17. The average molecular weight is 386 g/mol. The lowest BCUT2D eigenvalue weighted by Crippen LogP contribution is -2.40. The summed E-state index contributed by atoms with van der Waals surface area (Å²) in [7, 11) is 0. The first-order valence-electron chi connectivity index (χ1n) is 9.92. The maximum absolute atomic E-state index is 12.2. The van der Waals surface area contributed by atoms with Crippen molar-refractivity contribution in [2.45, 2.75) is 72.4 Å². The molecule has 2 rings (SSSR count). The van der Waals surface area contributed by atoms with Crippen molar-refractivity contribution >= 4 is 11.9 Å². The van der Waals surface area contributed by atoms with Crippen LogP contribution in [0.25, 0.3) is 0 Å². The Hall–Kier alpha value is -2.63. The standard InChI is InChI=1S/C22H31N3O3/c1-5-6-7-20(22(27)28)23-21(26)13-12-19-16(3)24-25(17(19)4)14-18-10-8-15(2)9-11-18/h8-11,20H,5-7,12-14H2,1-4H3,(H,23,26)(H,27,28). The van der Waals surface area contributed by atoms with E-state index < -0.39 is 12.0 Å². The zero-order chi connectivity index (χ0) is 20.7. The first-order chi connectivity index (χ1) is 13.3. The number of unbranched alkanes of at least 4 members (excludes halogenated alkanes) is 1. The van der Waals surface area contributed by atoms with E-state index in [0.717, 1.165) is 29.8 Å². The number of carbonyl (C=O) groups is 2. The van der Waals surface area contributed by atoms with E-state index in [9.17, 15) is 14.7 Å². The fourth-order valence-corrected chi connectivity index (χ4v) is 3.29. The van der Waals surface area contributed by atoms with E-state index in [1.165, 1.54) is 11.1 Å².